The molecule has 30 heavy (non-hydrogen) atoms. The van der Waals surface area contributed by atoms with E-state index in [1.807, 2.05) is 13.8 Å². The quantitative estimate of drug-likeness (QED) is 0.392. The topological polar surface area (TPSA) is 153 Å². The van der Waals surface area contributed by atoms with Gasteiger partial charge in [0, 0.05) is 23.5 Å². The van der Waals surface area contributed by atoms with E-state index in [2.05, 4.69) is 20.6 Å². The highest BCUT2D eigenvalue weighted by Crippen LogP contribution is 2.24. The van der Waals surface area contributed by atoms with Gasteiger partial charge in [-0.3, -0.25) is 10.1 Å². The molecule has 0 unspecified atom stereocenters. The lowest BCUT2D eigenvalue weighted by Gasteiger charge is -2.10. The predicted octanol–water partition coefficient (Wildman–Crippen LogP) is 3.68. The number of aromatic nitrogens is 2. The summed E-state index contributed by atoms with van der Waals surface area (Å²) in [5.41, 5.74) is 0.408. The van der Waals surface area contributed by atoms with Gasteiger partial charge in [0.1, 0.15) is 0 Å². The van der Waals surface area contributed by atoms with Gasteiger partial charge in [0.25, 0.3) is 5.69 Å². The number of nitrogens with two attached hydrogens (primary N) is 1. The molecular formula is C18H19FN6O4S. The molecule has 0 fully saturated rings. The van der Waals surface area contributed by atoms with Crippen LogP contribution in [-0.2, 0) is 10.0 Å². The standard InChI is InChI=1S/C16H13FN6O4S.C2H6/c17-14-9-19-16(21-11-4-2-6-13(8-11)28(18,26)27)22-15(14)20-10-3-1-5-12(7-10)23(24)25;1-2/h1-9H,(H2,18,26,27)(H2,19,20,21,22);1-2H3. The Morgan fingerprint density at radius 2 is 1.70 bits per heavy atom. The molecule has 1 heterocycles. The number of hydrogen-bond donors (Lipinski definition) is 3. The Balaban J connectivity index is 0.00000155. The van der Waals surface area contributed by atoms with Crippen molar-refractivity contribution >= 4 is 38.9 Å². The minimum Gasteiger partial charge on any atom is -0.337 e. The van der Waals surface area contributed by atoms with Crippen molar-refractivity contribution in [2.24, 2.45) is 5.14 Å². The van der Waals surface area contributed by atoms with E-state index in [0.29, 0.717) is 5.69 Å². The minimum atomic E-state index is -3.89. The number of primary sulfonamides is 1. The van der Waals surface area contributed by atoms with Crippen LogP contribution in [0.4, 0.5) is 33.2 Å². The average molecular weight is 434 g/mol. The summed E-state index contributed by atoms with van der Waals surface area (Å²) in [5, 5.41) is 21.3. The van der Waals surface area contributed by atoms with Gasteiger partial charge in [-0.1, -0.05) is 26.0 Å². The summed E-state index contributed by atoms with van der Waals surface area (Å²) in [5.74, 6) is -1.03. The Morgan fingerprint density at radius 3 is 2.33 bits per heavy atom. The summed E-state index contributed by atoms with van der Waals surface area (Å²) in [6.45, 7) is 4.00. The molecule has 0 spiro atoms. The zero-order chi connectivity index (χ0) is 22.3. The monoisotopic (exact) mass is 434 g/mol. The van der Waals surface area contributed by atoms with Crippen LogP contribution in [0.2, 0.25) is 0 Å². The maximum Gasteiger partial charge on any atom is 0.271 e. The fourth-order valence-electron chi connectivity index (χ4n) is 2.23. The number of nitrogens with one attached hydrogen (secondary N) is 2. The van der Waals surface area contributed by atoms with Gasteiger partial charge in [0.15, 0.2) is 11.6 Å². The van der Waals surface area contributed by atoms with Crippen LogP contribution in [0.25, 0.3) is 0 Å². The number of anilines is 4. The fraction of sp³-hybridized carbons (Fsp3) is 0.111. The summed E-state index contributed by atoms with van der Waals surface area (Å²) >= 11 is 0. The smallest absolute Gasteiger partial charge is 0.271 e. The van der Waals surface area contributed by atoms with Crippen molar-refractivity contribution in [2.75, 3.05) is 10.6 Å². The summed E-state index contributed by atoms with van der Waals surface area (Å²) in [6.07, 6.45) is 0.901. The lowest BCUT2D eigenvalue weighted by Crippen LogP contribution is -2.12. The molecule has 1 aromatic heterocycles. The number of hydrogen-bond acceptors (Lipinski definition) is 8. The average Bonchev–Trinajstić information content (AvgIpc) is 2.72. The molecule has 0 atom stereocenters. The van der Waals surface area contributed by atoms with Gasteiger partial charge < -0.3 is 10.6 Å². The molecule has 2 aromatic carbocycles. The van der Waals surface area contributed by atoms with E-state index in [9.17, 15) is 22.9 Å². The minimum absolute atomic E-state index is 0.0269. The van der Waals surface area contributed by atoms with E-state index in [4.69, 9.17) is 5.14 Å². The molecule has 0 radical (unpaired) electrons. The number of rotatable bonds is 6. The van der Waals surface area contributed by atoms with Crippen molar-refractivity contribution in [3.8, 4) is 0 Å². The molecule has 12 heteroatoms. The lowest BCUT2D eigenvalue weighted by atomic mass is 10.3. The first-order valence-corrected chi connectivity index (χ1v) is 10.2. The zero-order valence-corrected chi connectivity index (χ0v) is 16.9. The second-order valence-electron chi connectivity index (χ2n) is 5.52. The van der Waals surface area contributed by atoms with Gasteiger partial charge in [-0.15, -0.1) is 0 Å². The van der Waals surface area contributed by atoms with Crippen molar-refractivity contribution in [1.82, 2.24) is 9.97 Å². The van der Waals surface area contributed by atoms with E-state index in [1.54, 1.807) is 6.07 Å². The predicted molar refractivity (Wildman–Crippen MR) is 111 cm³/mol. The van der Waals surface area contributed by atoms with Crippen LogP contribution < -0.4 is 15.8 Å². The van der Waals surface area contributed by atoms with E-state index >= 15 is 0 Å². The van der Waals surface area contributed by atoms with Gasteiger partial charge in [-0.25, -0.2) is 22.9 Å². The van der Waals surface area contributed by atoms with Gasteiger partial charge >= 0.3 is 0 Å². The fourth-order valence-corrected chi connectivity index (χ4v) is 2.79. The molecule has 158 valence electrons. The Bertz CT molecular complexity index is 1160. The highest BCUT2D eigenvalue weighted by molar-refractivity contribution is 7.89. The molecular weight excluding hydrogens is 415 g/mol. The first kappa shape index (κ1) is 22.6. The molecule has 0 aliphatic carbocycles. The molecule has 0 saturated heterocycles. The molecule has 3 aromatic rings. The van der Waals surface area contributed by atoms with Crippen molar-refractivity contribution in [2.45, 2.75) is 18.7 Å². The molecule has 0 aliphatic rings. The van der Waals surface area contributed by atoms with Crippen molar-refractivity contribution in [3.05, 3.63) is 70.7 Å². The number of benzene rings is 2. The third kappa shape index (κ3) is 5.93. The van der Waals surface area contributed by atoms with Crippen LogP contribution in [0.15, 0.2) is 59.6 Å². The number of nitro groups is 1. The van der Waals surface area contributed by atoms with Gasteiger partial charge in [-0.2, -0.15) is 4.98 Å². The van der Waals surface area contributed by atoms with Crippen LogP contribution >= 0.6 is 0 Å². The highest BCUT2D eigenvalue weighted by Gasteiger charge is 2.12. The zero-order valence-electron chi connectivity index (χ0n) is 16.0. The highest BCUT2D eigenvalue weighted by atomic mass is 32.2. The third-order valence-electron chi connectivity index (χ3n) is 3.48. The Morgan fingerprint density at radius 1 is 1.07 bits per heavy atom. The Hall–Kier alpha value is -3.64. The maximum absolute atomic E-state index is 14.0. The van der Waals surface area contributed by atoms with Crippen LogP contribution in [0, 0.1) is 15.9 Å². The number of halogens is 1. The molecule has 3 rings (SSSR count). The summed E-state index contributed by atoms with van der Waals surface area (Å²) < 4.78 is 36.9. The first-order valence-electron chi connectivity index (χ1n) is 8.66. The Labute approximate surface area is 172 Å². The summed E-state index contributed by atoms with van der Waals surface area (Å²) in [7, 11) is -3.89. The lowest BCUT2D eigenvalue weighted by molar-refractivity contribution is -0.384. The van der Waals surface area contributed by atoms with Crippen LogP contribution in [0.1, 0.15) is 13.8 Å². The van der Waals surface area contributed by atoms with Crippen LogP contribution in [0.5, 0.6) is 0 Å². The molecule has 0 aliphatic heterocycles. The maximum atomic E-state index is 14.0. The van der Waals surface area contributed by atoms with Crippen LogP contribution in [0.3, 0.4) is 0 Å². The molecule has 0 amide bonds. The summed E-state index contributed by atoms with van der Waals surface area (Å²) in [6, 6.07) is 11.1. The third-order valence-corrected chi connectivity index (χ3v) is 4.39. The van der Waals surface area contributed by atoms with E-state index in [-0.39, 0.29) is 28.0 Å². The second kappa shape index (κ2) is 9.71. The van der Waals surface area contributed by atoms with Crippen molar-refractivity contribution in [1.29, 1.82) is 0 Å². The van der Waals surface area contributed by atoms with Crippen molar-refractivity contribution in [3.63, 3.8) is 0 Å². The van der Waals surface area contributed by atoms with Gasteiger partial charge in [-0.05, 0) is 24.3 Å². The molecule has 0 bridgehead atoms. The SMILES string of the molecule is CC.NS(=O)(=O)c1cccc(Nc2ncc(F)c(Nc3cccc([N+](=O)[O-])c3)n2)c1. The number of nitro benzene ring substituents is 1. The largest absolute Gasteiger partial charge is 0.337 e. The molecule has 4 N–H and O–H groups in total. The van der Waals surface area contributed by atoms with E-state index < -0.39 is 20.8 Å². The van der Waals surface area contributed by atoms with Gasteiger partial charge in [0.05, 0.1) is 16.0 Å². The number of sulfonamides is 1. The molecule has 10 nitrogen and oxygen atoms in total. The number of non-ortho nitro benzene ring substituents is 1. The van der Waals surface area contributed by atoms with E-state index in [1.165, 1.54) is 42.5 Å². The number of nitrogens with zero attached hydrogens (tertiary/aromatic N) is 3. The summed E-state index contributed by atoms with van der Waals surface area (Å²) in [4.78, 5) is 17.9. The van der Waals surface area contributed by atoms with Gasteiger partial charge in [0.2, 0.25) is 16.0 Å². The molecule has 0 saturated carbocycles. The second-order valence-corrected chi connectivity index (χ2v) is 7.08. The Kier molecular flexibility index (Phi) is 7.33. The normalized spacial score (nSPS) is 10.5. The van der Waals surface area contributed by atoms with E-state index in [0.717, 1.165) is 6.20 Å². The van der Waals surface area contributed by atoms with Crippen molar-refractivity contribution < 1.29 is 17.7 Å². The first-order chi connectivity index (χ1) is 14.2. The van der Waals surface area contributed by atoms with Crippen LogP contribution in [-0.4, -0.2) is 23.3 Å².